The predicted molar refractivity (Wildman–Crippen MR) is 108 cm³/mol. The Balaban J connectivity index is 1.27. The third kappa shape index (κ3) is 5.84. The average molecular weight is 438 g/mol. The number of hydrogen-bond acceptors (Lipinski definition) is 6. The van der Waals surface area contributed by atoms with E-state index in [0.29, 0.717) is 35.8 Å². The Hall–Kier alpha value is -1.97. The summed E-state index contributed by atoms with van der Waals surface area (Å²) in [5.74, 6) is 1.30. The molecule has 170 valence electrons. The number of halogens is 3. The quantitative estimate of drug-likeness (QED) is 0.746. The Morgan fingerprint density at radius 2 is 1.94 bits per heavy atom. The molecule has 0 unspecified atom stereocenters. The van der Waals surface area contributed by atoms with Crippen molar-refractivity contribution in [1.29, 1.82) is 0 Å². The van der Waals surface area contributed by atoms with Gasteiger partial charge in [0.2, 0.25) is 5.89 Å². The second-order valence-electron chi connectivity index (χ2n) is 8.67. The molecule has 1 aromatic carbocycles. The molecule has 0 amide bonds. The van der Waals surface area contributed by atoms with E-state index < -0.39 is 11.7 Å². The van der Waals surface area contributed by atoms with Gasteiger partial charge in [-0.3, -0.25) is 9.80 Å². The minimum absolute atomic E-state index is 0.205. The monoisotopic (exact) mass is 438 g/mol. The van der Waals surface area contributed by atoms with Crippen molar-refractivity contribution in [3.8, 4) is 0 Å². The number of likely N-dealkylation sites (tertiary alicyclic amines) is 2. The SMILES string of the molecule is OC[C@@H]1CCCN(C2CCN(Cc3nc(Cc4cccc(C(F)(F)F)c4)no3)CC2)C1. The number of alkyl halides is 3. The molecule has 31 heavy (non-hydrogen) atoms. The second-order valence-corrected chi connectivity index (χ2v) is 8.67. The Kier molecular flexibility index (Phi) is 6.93. The molecule has 9 heteroatoms. The van der Waals surface area contributed by atoms with E-state index in [4.69, 9.17) is 4.52 Å². The van der Waals surface area contributed by atoms with Gasteiger partial charge in [-0.05, 0) is 49.8 Å². The van der Waals surface area contributed by atoms with Gasteiger partial charge in [-0.25, -0.2) is 0 Å². The van der Waals surface area contributed by atoms with E-state index in [1.54, 1.807) is 6.07 Å². The maximum atomic E-state index is 12.9. The molecule has 2 aliphatic heterocycles. The molecule has 6 nitrogen and oxygen atoms in total. The van der Waals surface area contributed by atoms with Crippen LogP contribution in [-0.4, -0.2) is 63.9 Å². The number of nitrogens with zero attached hydrogens (tertiary/aromatic N) is 4. The molecule has 2 fully saturated rings. The first-order valence-corrected chi connectivity index (χ1v) is 11.0. The van der Waals surface area contributed by atoms with E-state index in [9.17, 15) is 18.3 Å². The number of aromatic nitrogens is 2. The summed E-state index contributed by atoms with van der Waals surface area (Å²) >= 11 is 0. The van der Waals surface area contributed by atoms with Gasteiger partial charge >= 0.3 is 6.18 Å². The fourth-order valence-corrected chi connectivity index (χ4v) is 4.68. The molecule has 1 aromatic heterocycles. The fourth-order valence-electron chi connectivity index (χ4n) is 4.68. The Morgan fingerprint density at radius 3 is 2.68 bits per heavy atom. The van der Waals surface area contributed by atoms with E-state index in [1.165, 1.54) is 6.07 Å². The van der Waals surface area contributed by atoms with E-state index in [1.807, 2.05) is 0 Å². The molecular formula is C22H29F3N4O2. The van der Waals surface area contributed by atoms with Crippen LogP contribution in [-0.2, 0) is 19.1 Å². The summed E-state index contributed by atoms with van der Waals surface area (Å²) in [6.45, 7) is 4.82. The minimum atomic E-state index is -4.36. The number of aliphatic hydroxyl groups excluding tert-OH is 1. The molecule has 3 heterocycles. The summed E-state index contributed by atoms with van der Waals surface area (Å²) in [5.41, 5.74) is -0.165. The molecule has 2 aromatic rings. The van der Waals surface area contributed by atoms with Gasteiger partial charge in [0, 0.05) is 38.7 Å². The summed E-state index contributed by atoms with van der Waals surface area (Å²) in [5, 5.41) is 13.4. The highest BCUT2D eigenvalue weighted by Crippen LogP contribution is 2.30. The first-order chi connectivity index (χ1) is 14.9. The highest BCUT2D eigenvalue weighted by atomic mass is 19.4. The topological polar surface area (TPSA) is 65.6 Å². The summed E-state index contributed by atoms with van der Waals surface area (Å²) in [7, 11) is 0. The van der Waals surface area contributed by atoms with Crippen molar-refractivity contribution in [3.05, 3.63) is 47.1 Å². The van der Waals surface area contributed by atoms with Crippen LogP contribution in [0.2, 0.25) is 0 Å². The van der Waals surface area contributed by atoms with Crippen molar-refractivity contribution < 1.29 is 22.8 Å². The van der Waals surface area contributed by atoms with Gasteiger partial charge in [0.25, 0.3) is 0 Å². The van der Waals surface area contributed by atoms with Crippen LogP contribution in [0.1, 0.15) is 48.5 Å². The third-order valence-electron chi connectivity index (χ3n) is 6.37. The summed E-state index contributed by atoms with van der Waals surface area (Å²) in [4.78, 5) is 9.20. The van der Waals surface area contributed by atoms with Crippen molar-refractivity contribution in [1.82, 2.24) is 19.9 Å². The van der Waals surface area contributed by atoms with Crippen molar-refractivity contribution in [3.63, 3.8) is 0 Å². The van der Waals surface area contributed by atoms with E-state index in [-0.39, 0.29) is 13.0 Å². The van der Waals surface area contributed by atoms with Crippen LogP contribution in [0.25, 0.3) is 0 Å². The van der Waals surface area contributed by atoms with Crippen molar-refractivity contribution in [2.45, 2.75) is 50.9 Å². The van der Waals surface area contributed by atoms with Crippen molar-refractivity contribution in [2.75, 3.05) is 32.8 Å². The van der Waals surface area contributed by atoms with Crippen LogP contribution in [0, 0.1) is 5.92 Å². The third-order valence-corrected chi connectivity index (χ3v) is 6.37. The number of hydrogen-bond donors (Lipinski definition) is 1. The first-order valence-electron chi connectivity index (χ1n) is 11.0. The summed E-state index contributed by atoms with van der Waals surface area (Å²) in [6, 6.07) is 5.78. The lowest BCUT2D eigenvalue weighted by Crippen LogP contribution is -2.48. The maximum absolute atomic E-state index is 12.9. The molecular weight excluding hydrogens is 409 g/mol. The molecule has 2 aliphatic rings. The zero-order valence-electron chi connectivity index (χ0n) is 17.5. The van der Waals surface area contributed by atoms with E-state index >= 15 is 0 Å². The largest absolute Gasteiger partial charge is 0.416 e. The number of aliphatic hydroxyl groups is 1. The lowest BCUT2D eigenvalue weighted by molar-refractivity contribution is -0.137. The zero-order chi connectivity index (χ0) is 21.8. The van der Waals surface area contributed by atoms with Gasteiger partial charge in [-0.15, -0.1) is 0 Å². The van der Waals surface area contributed by atoms with Gasteiger partial charge in [-0.1, -0.05) is 23.4 Å². The maximum Gasteiger partial charge on any atom is 0.416 e. The smallest absolute Gasteiger partial charge is 0.396 e. The Labute approximate surface area is 180 Å². The molecule has 0 bridgehead atoms. The zero-order valence-corrected chi connectivity index (χ0v) is 17.5. The lowest BCUT2D eigenvalue weighted by Gasteiger charge is -2.41. The van der Waals surface area contributed by atoms with E-state index in [2.05, 4.69) is 19.9 Å². The predicted octanol–water partition coefficient (Wildman–Crippen LogP) is 3.35. The van der Waals surface area contributed by atoms with Crippen molar-refractivity contribution >= 4 is 0 Å². The number of piperidine rings is 2. The first kappa shape index (κ1) is 22.2. The summed E-state index contributed by atoms with van der Waals surface area (Å²) < 4.78 is 44.0. The molecule has 2 saturated heterocycles. The average Bonchev–Trinajstić information content (AvgIpc) is 3.20. The van der Waals surface area contributed by atoms with Gasteiger partial charge < -0.3 is 9.63 Å². The Bertz CT molecular complexity index is 849. The van der Waals surface area contributed by atoms with Crippen LogP contribution in [0.3, 0.4) is 0 Å². The lowest BCUT2D eigenvalue weighted by atomic mass is 9.94. The second kappa shape index (κ2) is 9.67. The molecule has 0 spiro atoms. The minimum Gasteiger partial charge on any atom is -0.396 e. The van der Waals surface area contributed by atoms with Crippen molar-refractivity contribution in [2.24, 2.45) is 5.92 Å². The summed E-state index contributed by atoms with van der Waals surface area (Å²) in [6.07, 6.45) is 0.259. The van der Waals surface area contributed by atoms with Crippen LogP contribution >= 0.6 is 0 Å². The Morgan fingerprint density at radius 1 is 1.13 bits per heavy atom. The molecule has 1 N–H and O–H groups in total. The van der Waals surface area contributed by atoms with Crippen LogP contribution < -0.4 is 0 Å². The van der Waals surface area contributed by atoms with Gasteiger partial charge in [0.15, 0.2) is 5.82 Å². The van der Waals surface area contributed by atoms with Crippen LogP contribution in [0.5, 0.6) is 0 Å². The standard InChI is InChI=1S/C22H29F3N4O2/c23-22(24,25)18-5-1-3-16(11-18)12-20-26-21(31-27-20)14-28-9-6-19(7-10-28)29-8-2-4-17(13-29)15-30/h1,3,5,11,17,19,30H,2,4,6-10,12-15H2/t17-/m1/s1. The van der Waals surface area contributed by atoms with Crippen LogP contribution in [0.4, 0.5) is 13.2 Å². The number of rotatable bonds is 6. The van der Waals surface area contributed by atoms with E-state index in [0.717, 1.165) is 64.0 Å². The molecule has 0 radical (unpaired) electrons. The normalized spacial score (nSPS) is 22.1. The molecule has 4 rings (SSSR count). The highest BCUT2D eigenvalue weighted by Gasteiger charge is 2.31. The fraction of sp³-hybridized carbons (Fsp3) is 0.636. The van der Waals surface area contributed by atoms with Gasteiger partial charge in [0.1, 0.15) is 0 Å². The molecule has 0 saturated carbocycles. The van der Waals surface area contributed by atoms with Gasteiger partial charge in [0.05, 0.1) is 12.1 Å². The van der Waals surface area contributed by atoms with Gasteiger partial charge in [-0.2, -0.15) is 18.2 Å². The number of benzene rings is 1. The molecule has 1 atom stereocenters. The highest BCUT2D eigenvalue weighted by molar-refractivity contribution is 5.27. The van der Waals surface area contributed by atoms with Crippen LogP contribution in [0.15, 0.2) is 28.8 Å². The molecule has 0 aliphatic carbocycles.